The fraction of sp³-hybridized carbons (Fsp3) is 0.368. The first-order valence-corrected chi connectivity index (χ1v) is 8.97. The molecule has 1 fully saturated rings. The van der Waals surface area contributed by atoms with Crippen LogP contribution in [0, 0.1) is 0 Å². The van der Waals surface area contributed by atoms with Crippen LogP contribution in [0.5, 0.6) is 5.75 Å². The SMILES string of the molecule is O=C(COc1ccc(Cl)cc1)NCC(c1cccnc1)N1CCOCC1. The Kier molecular flexibility index (Phi) is 6.82. The van der Waals surface area contributed by atoms with Crippen molar-refractivity contribution < 1.29 is 14.3 Å². The van der Waals surface area contributed by atoms with E-state index < -0.39 is 0 Å². The summed E-state index contributed by atoms with van der Waals surface area (Å²) in [6, 6.07) is 10.9. The molecular formula is C19H22ClN3O3. The van der Waals surface area contributed by atoms with Gasteiger partial charge in [0.05, 0.1) is 19.3 Å². The summed E-state index contributed by atoms with van der Waals surface area (Å²) in [6.45, 7) is 3.52. The number of carbonyl (C=O) groups is 1. The summed E-state index contributed by atoms with van der Waals surface area (Å²) in [5, 5.41) is 3.59. The van der Waals surface area contributed by atoms with Gasteiger partial charge in [-0.2, -0.15) is 0 Å². The molecule has 138 valence electrons. The van der Waals surface area contributed by atoms with Gasteiger partial charge in [0.15, 0.2) is 6.61 Å². The molecule has 1 N–H and O–H groups in total. The molecule has 2 heterocycles. The molecule has 26 heavy (non-hydrogen) atoms. The van der Waals surface area contributed by atoms with Crippen molar-refractivity contribution in [2.75, 3.05) is 39.5 Å². The molecule has 1 saturated heterocycles. The van der Waals surface area contributed by atoms with Gasteiger partial charge in [-0.05, 0) is 35.9 Å². The highest BCUT2D eigenvalue weighted by Crippen LogP contribution is 2.20. The minimum absolute atomic E-state index is 0.0372. The standard InChI is InChI=1S/C19H22ClN3O3/c20-16-3-5-17(6-4-16)26-14-19(24)22-13-18(15-2-1-7-21-12-15)23-8-10-25-11-9-23/h1-7,12,18H,8-11,13-14H2,(H,22,24). The number of nitrogens with one attached hydrogen (secondary N) is 1. The number of hydrogen-bond donors (Lipinski definition) is 1. The second kappa shape index (κ2) is 9.52. The third kappa shape index (κ3) is 5.42. The van der Waals surface area contributed by atoms with Crippen LogP contribution in [0.4, 0.5) is 0 Å². The zero-order chi connectivity index (χ0) is 18.2. The van der Waals surface area contributed by atoms with Gasteiger partial charge in [0.1, 0.15) is 5.75 Å². The molecule has 6 nitrogen and oxygen atoms in total. The summed E-state index contributed by atoms with van der Waals surface area (Å²) in [4.78, 5) is 18.7. The van der Waals surface area contributed by atoms with Crippen LogP contribution in [-0.4, -0.2) is 55.2 Å². The second-order valence-electron chi connectivity index (χ2n) is 6.00. The number of amides is 1. The van der Waals surface area contributed by atoms with Crippen LogP contribution in [0.15, 0.2) is 48.8 Å². The third-order valence-electron chi connectivity index (χ3n) is 4.23. The molecule has 0 saturated carbocycles. The van der Waals surface area contributed by atoms with Gasteiger partial charge in [-0.15, -0.1) is 0 Å². The van der Waals surface area contributed by atoms with Crippen LogP contribution in [0.2, 0.25) is 5.02 Å². The van der Waals surface area contributed by atoms with E-state index in [1.54, 1.807) is 30.5 Å². The van der Waals surface area contributed by atoms with Crippen LogP contribution in [0.3, 0.4) is 0 Å². The van der Waals surface area contributed by atoms with Crippen molar-refractivity contribution in [1.29, 1.82) is 0 Å². The highest BCUT2D eigenvalue weighted by molar-refractivity contribution is 6.30. The molecule has 1 aromatic carbocycles. The third-order valence-corrected chi connectivity index (χ3v) is 4.48. The lowest BCUT2D eigenvalue weighted by molar-refractivity contribution is -0.123. The van der Waals surface area contributed by atoms with Gasteiger partial charge in [-0.25, -0.2) is 0 Å². The molecule has 1 amide bonds. The number of nitrogens with zero attached hydrogens (tertiary/aromatic N) is 2. The van der Waals surface area contributed by atoms with E-state index in [9.17, 15) is 4.79 Å². The average Bonchev–Trinajstić information content (AvgIpc) is 2.69. The summed E-state index contributed by atoms with van der Waals surface area (Å²) >= 11 is 5.84. The van der Waals surface area contributed by atoms with Crippen LogP contribution in [-0.2, 0) is 9.53 Å². The largest absolute Gasteiger partial charge is 0.484 e. The van der Waals surface area contributed by atoms with E-state index in [2.05, 4.69) is 15.2 Å². The van der Waals surface area contributed by atoms with Gasteiger partial charge in [0.25, 0.3) is 5.91 Å². The number of aromatic nitrogens is 1. The van der Waals surface area contributed by atoms with E-state index in [0.29, 0.717) is 30.5 Å². The van der Waals surface area contributed by atoms with E-state index in [4.69, 9.17) is 21.1 Å². The Bertz CT molecular complexity index is 691. The van der Waals surface area contributed by atoms with Crippen molar-refractivity contribution in [3.8, 4) is 5.75 Å². The lowest BCUT2D eigenvalue weighted by atomic mass is 10.1. The van der Waals surface area contributed by atoms with Gasteiger partial charge in [0, 0.05) is 37.1 Å². The van der Waals surface area contributed by atoms with Gasteiger partial charge >= 0.3 is 0 Å². The number of halogens is 1. The Hall–Kier alpha value is -2.15. The fourth-order valence-corrected chi connectivity index (χ4v) is 2.99. The summed E-state index contributed by atoms with van der Waals surface area (Å²) in [7, 11) is 0. The number of rotatable bonds is 7. The van der Waals surface area contributed by atoms with Gasteiger partial charge < -0.3 is 14.8 Å². The maximum atomic E-state index is 12.2. The smallest absolute Gasteiger partial charge is 0.258 e. The molecule has 1 unspecified atom stereocenters. The molecule has 1 aliphatic heterocycles. The van der Waals surface area contributed by atoms with Gasteiger partial charge in [0.2, 0.25) is 0 Å². The quantitative estimate of drug-likeness (QED) is 0.804. The molecule has 1 aliphatic rings. The van der Waals surface area contributed by atoms with Crippen molar-refractivity contribution >= 4 is 17.5 Å². The molecule has 2 aromatic rings. The minimum Gasteiger partial charge on any atom is -0.484 e. The Morgan fingerprint density at radius 3 is 2.73 bits per heavy atom. The van der Waals surface area contributed by atoms with E-state index in [-0.39, 0.29) is 18.6 Å². The minimum atomic E-state index is -0.165. The summed E-state index contributed by atoms with van der Waals surface area (Å²) < 4.78 is 10.9. The molecule has 3 rings (SSSR count). The molecule has 0 spiro atoms. The van der Waals surface area contributed by atoms with E-state index >= 15 is 0 Å². The predicted molar refractivity (Wildman–Crippen MR) is 99.3 cm³/mol. The van der Waals surface area contributed by atoms with Gasteiger partial charge in [-0.3, -0.25) is 14.7 Å². The van der Waals surface area contributed by atoms with Crippen molar-refractivity contribution in [2.24, 2.45) is 0 Å². The first kappa shape index (κ1) is 18.6. The Morgan fingerprint density at radius 1 is 1.27 bits per heavy atom. The van der Waals surface area contributed by atoms with Crippen LogP contribution in [0.25, 0.3) is 0 Å². The van der Waals surface area contributed by atoms with E-state index in [1.807, 2.05) is 18.3 Å². The van der Waals surface area contributed by atoms with Crippen molar-refractivity contribution in [1.82, 2.24) is 15.2 Å². The predicted octanol–water partition coefficient (Wildman–Crippen LogP) is 2.30. The zero-order valence-corrected chi connectivity index (χ0v) is 15.2. The van der Waals surface area contributed by atoms with Gasteiger partial charge in [-0.1, -0.05) is 17.7 Å². The Labute approximate surface area is 158 Å². The number of benzene rings is 1. The number of morpholine rings is 1. The lowest BCUT2D eigenvalue weighted by Gasteiger charge is -2.34. The average molecular weight is 376 g/mol. The number of ether oxygens (including phenoxy) is 2. The lowest BCUT2D eigenvalue weighted by Crippen LogP contribution is -2.44. The zero-order valence-electron chi connectivity index (χ0n) is 14.4. The summed E-state index contributed by atoms with van der Waals surface area (Å²) in [6.07, 6.45) is 3.59. The van der Waals surface area contributed by atoms with Crippen molar-refractivity contribution in [3.05, 3.63) is 59.4 Å². The maximum absolute atomic E-state index is 12.2. The summed E-state index contributed by atoms with van der Waals surface area (Å²) in [5.74, 6) is 0.448. The Morgan fingerprint density at radius 2 is 2.04 bits per heavy atom. The van der Waals surface area contributed by atoms with E-state index in [0.717, 1.165) is 18.7 Å². The molecule has 0 aliphatic carbocycles. The monoisotopic (exact) mass is 375 g/mol. The molecule has 1 aromatic heterocycles. The van der Waals surface area contributed by atoms with Crippen LogP contribution < -0.4 is 10.1 Å². The van der Waals surface area contributed by atoms with Crippen LogP contribution >= 0.6 is 11.6 Å². The molecule has 1 atom stereocenters. The number of hydrogen-bond acceptors (Lipinski definition) is 5. The number of carbonyl (C=O) groups excluding carboxylic acids is 1. The Balaban J connectivity index is 1.54. The highest BCUT2D eigenvalue weighted by atomic mass is 35.5. The van der Waals surface area contributed by atoms with E-state index in [1.165, 1.54) is 0 Å². The molecule has 7 heteroatoms. The molecule has 0 radical (unpaired) electrons. The fourth-order valence-electron chi connectivity index (χ4n) is 2.86. The first-order chi connectivity index (χ1) is 12.7. The first-order valence-electron chi connectivity index (χ1n) is 8.59. The summed E-state index contributed by atoms with van der Waals surface area (Å²) in [5.41, 5.74) is 1.08. The maximum Gasteiger partial charge on any atom is 0.258 e. The molecular weight excluding hydrogens is 354 g/mol. The normalized spacial score (nSPS) is 16.0. The number of pyridine rings is 1. The highest BCUT2D eigenvalue weighted by Gasteiger charge is 2.23. The molecule has 0 bridgehead atoms. The van der Waals surface area contributed by atoms with Crippen molar-refractivity contribution in [2.45, 2.75) is 6.04 Å². The van der Waals surface area contributed by atoms with Crippen molar-refractivity contribution in [3.63, 3.8) is 0 Å². The second-order valence-corrected chi connectivity index (χ2v) is 6.43. The topological polar surface area (TPSA) is 63.7 Å². The van der Waals surface area contributed by atoms with Crippen LogP contribution in [0.1, 0.15) is 11.6 Å².